The summed E-state index contributed by atoms with van der Waals surface area (Å²) < 4.78 is 0.905. The number of rotatable bonds is 2. The van der Waals surface area contributed by atoms with Crippen LogP contribution in [0.4, 0.5) is 5.69 Å². The molecular weight excluding hydrogens is 270 g/mol. The Hall–Kier alpha value is -1.46. The topological polar surface area (TPSA) is 68.0 Å². The predicted molar refractivity (Wildman–Crippen MR) is 67.1 cm³/mol. The first-order valence-corrected chi connectivity index (χ1v) is 5.54. The molecule has 2 aromatic rings. The predicted octanol–water partition coefficient (Wildman–Crippen LogP) is 1.89. The maximum Gasteiger partial charge on any atom is 0.238 e. The number of carbonyl (C=O) groups is 1. The molecule has 0 radical (unpaired) electrons. The lowest BCUT2D eigenvalue weighted by atomic mass is 10.2. The van der Waals surface area contributed by atoms with Crippen LogP contribution >= 0.6 is 15.9 Å². The summed E-state index contributed by atoms with van der Waals surface area (Å²) in [5.74, 6) is -0.225. The van der Waals surface area contributed by atoms with Gasteiger partial charge < -0.3 is 11.1 Å². The molecule has 0 unspecified atom stereocenters. The van der Waals surface area contributed by atoms with Gasteiger partial charge in [-0.25, -0.2) is 0 Å². The Morgan fingerprint density at radius 3 is 3.06 bits per heavy atom. The second kappa shape index (κ2) is 4.59. The summed E-state index contributed by atoms with van der Waals surface area (Å²) >= 11 is 3.35. The van der Waals surface area contributed by atoms with Gasteiger partial charge in [0.15, 0.2) is 0 Å². The summed E-state index contributed by atoms with van der Waals surface area (Å²) in [5, 5.41) is 3.67. The van der Waals surface area contributed by atoms with Crippen molar-refractivity contribution in [1.29, 1.82) is 0 Å². The van der Waals surface area contributed by atoms with Gasteiger partial charge in [-0.3, -0.25) is 9.78 Å². The first-order chi connectivity index (χ1) is 7.70. The van der Waals surface area contributed by atoms with Crippen molar-refractivity contribution in [1.82, 2.24) is 4.98 Å². The van der Waals surface area contributed by atoms with Gasteiger partial charge in [0.25, 0.3) is 0 Å². The maximum atomic E-state index is 11.2. The summed E-state index contributed by atoms with van der Waals surface area (Å²) in [4.78, 5) is 15.5. The minimum absolute atomic E-state index is 0.0348. The fourth-order valence-electron chi connectivity index (χ4n) is 1.44. The standard InChI is InChI=1S/C11H10BrN3O/c12-8-4-7-2-1-3-9(11(7)14-6-8)15-10(16)5-13/h1-4,6H,5,13H2,(H,15,16). The van der Waals surface area contributed by atoms with E-state index < -0.39 is 0 Å². The highest BCUT2D eigenvalue weighted by atomic mass is 79.9. The largest absolute Gasteiger partial charge is 0.323 e. The molecule has 0 spiro atoms. The lowest BCUT2D eigenvalue weighted by Gasteiger charge is -2.06. The number of hydrogen-bond acceptors (Lipinski definition) is 3. The molecule has 16 heavy (non-hydrogen) atoms. The molecular formula is C11H10BrN3O. The second-order valence-electron chi connectivity index (χ2n) is 3.28. The van der Waals surface area contributed by atoms with Gasteiger partial charge in [-0.1, -0.05) is 12.1 Å². The minimum atomic E-state index is -0.225. The molecule has 0 aliphatic heterocycles. The average molecular weight is 280 g/mol. The van der Waals surface area contributed by atoms with E-state index in [1.54, 1.807) is 12.3 Å². The molecule has 4 nitrogen and oxygen atoms in total. The van der Waals surface area contributed by atoms with E-state index in [9.17, 15) is 4.79 Å². The lowest BCUT2D eigenvalue weighted by molar-refractivity contribution is -0.114. The highest BCUT2D eigenvalue weighted by Gasteiger charge is 2.05. The molecule has 5 heteroatoms. The molecule has 0 saturated carbocycles. The van der Waals surface area contributed by atoms with E-state index in [1.165, 1.54) is 0 Å². The fraction of sp³-hybridized carbons (Fsp3) is 0.0909. The summed E-state index contributed by atoms with van der Waals surface area (Å²) in [6.45, 7) is -0.0348. The van der Waals surface area contributed by atoms with E-state index in [0.717, 1.165) is 15.4 Å². The Morgan fingerprint density at radius 2 is 2.31 bits per heavy atom. The Kier molecular flexibility index (Phi) is 3.17. The van der Waals surface area contributed by atoms with Crippen molar-refractivity contribution in [3.05, 3.63) is 34.9 Å². The average Bonchev–Trinajstić information content (AvgIpc) is 2.28. The molecule has 1 heterocycles. The quantitative estimate of drug-likeness (QED) is 0.882. The molecule has 2 rings (SSSR count). The number of carbonyl (C=O) groups excluding carboxylic acids is 1. The molecule has 1 amide bonds. The molecule has 3 N–H and O–H groups in total. The summed E-state index contributed by atoms with van der Waals surface area (Å²) in [6.07, 6.45) is 1.69. The first kappa shape index (κ1) is 11.0. The fourth-order valence-corrected chi connectivity index (χ4v) is 1.79. The van der Waals surface area contributed by atoms with Crippen LogP contribution in [0.25, 0.3) is 10.9 Å². The van der Waals surface area contributed by atoms with Gasteiger partial charge >= 0.3 is 0 Å². The van der Waals surface area contributed by atoms with Gasteiger partial charge in [-0.15, -0.1) is 0 Å². The van der Waals surface area contributed by atoms with E-state index in [1.807, 2.05) is 18.2 Å². The number of pyridine rings is 1. The number of nitrogens with one attached hydrogen (secondary N) is 1. The summed E-state index contributed by atoms with van der Waals surface area (Å²) in [5.41, 5.74) is 6.69. The normalized spacial score (nSPS) is 10.4. The third-order valence-corrected chi connectivity index (χ3v) is 2.57. The SMILES string of the molecule is NCC(=O)Nc1cccc2cc(Br)cnc12. The number of benzene rings is 1. The molecule has 0 aliphatic carbocycles. The number of nitrogens with two attached hydrogens (primary N) is 1. The number of anilines is 1. The van der Waals surface area contributed by atoms with Crippen molar-refractivity contribution in [2.75, 3.05) is 11.9 Å². The molecule has 82 valence electrons. The van der Waals surface area contributed by atoms with Crippen molar-refractivity contribution < 1.29 is 4.79 Å². The van der Waals surface area contributed by atoms with Crippen LogP contribution in [0.3, 0.4) is 0 Å². The zero-order valence-corrected chi connectivity index (χ0v) is 9.99. The number of aromatic nitrogens is 1. The van der Waals surface area contributed by atoms with E-state index in [2.05, 4.69) is 26.2 Å². The minimum Gasteiger partial charge on any atom is -0.323 e. The van der Waals surface area contributed by atoms with E-state index in [0.29, 0.717) is 5.69 Å². The number of para-hydroxylation sites is 1. The third kappa shape index (κ3) is 2.20. The van der Waals surface area contributed by atoms with E-state index >= 15 is 0 Å². The number of halogens is 1. The van der Waals surface area contributed by atoms with Gasteiger partial charge in [0.1, 0.15) is 0 Å². The number of hydrogen-bond donors (Lipinski definition) is 2. The summed E-state index contributed by atoms with van der Waals surface area (Å²) in [6, 6.07) is 7.55. The van der Waals surface area contributed by atoms with Crippen molar-refractivity contribution in [2.45, 2.75) is 0 Å². The maximum absolute atomic E-state index is 11.2. The molecule has 0 saturated heterocycles. The smallest absolute Gasteiger partial charge is 0.238 e. The van der Waals surface area contributed by atoms with Gasteiger partial charge in [-0.2, -0.15) is 0 Å². The van der Waals surface area contributed by atoms with Crippen LogP contribution < -0.4 is 11.1 Å². The van der Waals surface area contributed by atoms with Crippen LogP contribution in [0.1, 0.15) is 0 Å². The number of nitrogens with zero attached hydrogens (tertiary/aromatic N) is 1. The van der Waals surface area contributed by atoms with Crippen LogP contribution in [0.2, 0.25) is 0 Å². The van der Waals surface area contributed by atoms with Gasteiger partial charge in [0.05, 0.1) is 17.7 Å². The lowest BCUT2D eigenvalue weighted by Crippen LogP contribution is -2.22. The Bertz CT molecular complexity index is 542. The zero-order chi connectivity index (χ0) is 11.5. The van der Waals surface area contributed by atoms with Gasteiger partial charge in [0, 0.05) is 16.1 Å². The van der Waals surface area contributed by atoms with Crippen molar-refractivity contribution in [3.63, 3.8) is 0 Å². The van der Waals surface area contributed by atoms with Crippen LogP contribution in [-0.2, 0) is 4.79 Å². The van der Waals surface area contributed by atoms with Crippen molar-refractivity contribution in [3.8, 4) is 0 Å². The second-order valence-corrected chi connectivity index (χ2v) is 4.20. The molecule has 0 atom stereocenters. The molecule has 0 aliphatic rings. The van der Waals surface area contributed by atoms with E-state index in [-0.39, 0.29) is 12.5 Å². The molecule has 1 aromatic heterocycles. The van der Waals surface area contributed by atoms with Crippen LogP contribution in [0, 0.1) is 0 Å². The Labute approximate surface area is 101 Å². The van der Waals surface area contributed by atoms with Crippen LogP contribution in [0.15, 0.2) is 34.9 Å². The van der Waals surface area contributed by atoms with Gasteiger partial charge in [0.2, 0.25) is 5.91 Å². The van der Waals surface area contributed by atoms with E-state index in [4.69, 9.17) is 5.73 Å². The Morgan fingerprint density at radius 1 is 1.50 bits per heavy atom. The first-order valence-electron chi connectivity index (χ1n) is 4.75. The highest BCUT2D eigenvalue weighted by Crippen LogP contribution is 2.23. The molecule has 1 aromatic carbocycles. The highest BCUT2D eigenvalue weighted by molar-refractivity contribution is 9.10. The molecule has 0 fully saturated rings. The third-order valence-electron chi connectivity index (χ3n) is 2.14. The number of amides is 1. The molecule has 0 bridgehead atoms. The van der Waals surface area contributed by atoms with Crippen molar-refractivity contribution in [2.24, 2.45) is 5.73 Å². The monoisotopic (exact) mass is 279 g/mol. The van der Waals surface area contributed by atoms with Crippen LogP contribution in [-0.4, -0.2) is 17.4 Å². The number of fused-ring (bicyclic) bond motifs is 1. The zero-order valence-electron chi connectivity index (χ0n) is 8.40. The van der Waals surface area contributed by atoms with Crippen LogP contribution in [0.5, 0.6) is 0 Å². The van der Waals surface area contributed by atoms with Gasteiger partial charge in [-0.05, 0) is 28.1 Å². The summed E-state index contributed by atoms with van der Waals surface area (Å²) in [7, 11) is 0. The van der Waals surface area contributed by atoms with Crippen molar-refractivity contribution >= 4 is 38.4 Å². The Balaban J connectivity index is 2.49.